The molecule has 0 spiro atoms. The van der Waals surface area contributed by atoms with Crippen LogP contribution in [0.25, 0.3) is 0 Å². The first-order valence-electron chi connectivity index (χ1n) is 6.05. The topological polar surface area (TPSA) is 58.2 Å². The highest BCUT2D eigenvalue weighted by Gasteiger charge is 2.19. The molecule has 0 rings (SSSR count). The van der Waals surface area contributed by atoms with E-state index in [0.29, 0.717) is 11.7 Å². The monoisotopic (exact) mass is 260 g/mol. The van der Waals surface area contributed by atoms with Gasteiger partial charge in [-0.25, -0.2) is 0 Å². The van der Waals surface area contributed by atoms with Crippen LogP contribution in [0.1, 0.15) is 40.5 Å². The van der Waals surface area contributed by atoms with Gasteiger partial charge in [0.15, 0.2) is 0 Å². The van der Waals surface area contributed by atoms with Crippen molar-refractivity contribution in [3.8, 4) is 0 Å². The van der Waals surface area contributed by atoms with Gasteiger partial charge >= 0.3 is 0 Å². The summed E-state index contributed by atoms with van der Waals surface area (Å²) in [6.45, 7) is 7.68. The first kappa shape index (κ1) is 16.3. The van der Waals surface area contributed by atoms with Crippen LogP contribution >= 0.6 is 12.6 Å². The van der Waals surface area contributed by atoms with Gasteiger partial charge in [-0.15, -0.1) is 0 Å². The zero-order valence-electron chi connectivity index (χ0n) is 11.1. The Labute approximate surface area is 109 Å². The van der Waals surface area contributed by atoms with Gasteiger partial charge in [0, 0.05) is 18.7 Å². The Morgan fingerprint density at radius 2 is 1.71 bits per heavy atom. The predicted molar refractivity (Wildman–Crippen MR) is 73.1 cm³/mol. The summed E-state index contributed by atoms with van der Waals surface area (Å²) in [5, 5.41) is 5.46. The van der Waals surface area contributed by atoms with Crippen molar-refractivity contribution in [2.45, 2.75) is 52.6 Å². The summed E-state index contributed by atoms with van der Waals surface area (Å²) in [6.07, 6.45) is 2.02. The van der Waals surface area contributed by atoms with Crippen molar-refractivity contribution in [1.29, 1.82) is 0 Å². The van der Waals surface area contributed by atoms with E-state index in [9.17, 15) is 9.59 Å². The second-order valence-electron chi connectivity index (χ2n) is 4.82. The molecule has 2 amide bonds. The van der Waals surface area contributed by atoms with Gasteiger partial charge in [0.25, 0.3) is 0 Å². The fourth-order valence-corrected chi connectivity index (χ4v) is 1.70. The Kier molecular flexibility index (Phi) is 8.04. The number of nitrogens with one attached hydrogen (secondary N) is 2. The fraction of sp³-hybridized carbons (Fsp3) is 0.833. The molecule has 0 bridgehead atoms. The number of hydrogen-bond donors (Lipinski definition) is 3. The van der Waals surface area contributed by atoms with E-state index >= 15 is 0 Å². The van der Waals surface area contributed by atoms with Gasteiger partial charge in [-0.05, 0) is 25.7 Å². The summed E-state index contributed by atoms with van der Waals surface area (Å²) in [5.41, 5.74) is 0. The maximum Gasteiger partial charge on any atom is 0.243 e. The molecular formula is C12H24N2O2S. The van der Waals surface area contributed by atoms with E-state index in [1.54, 1.807) is 0 Å². The molecule has 5 heteroatoms. The lowest BCUT2D eigenvalue weighted by Crippen LogP contribution is -2.49. The Hall–Kier alpha value is -0.710. The van der Waals surface area contributed by atoms with Gasteiger partial charge < -0.3 is 10.6 Å². The molecule has 2 N–H and O–H groups in total. The van der Waals surface area contributed by atoms with Crippen molar-refractivity contribution < 1.29 is 9.59 Å². The van der Waals surface area contributed by atoms with Crippen LogP contribution in [0.2, 0.25) is 0 Å². The van der Waals surface area contributed by atoms with Crippen molar-refractivity contribution in [3.05, 3.63) is 0 Å². The minimum Gasteiger partial charge on any atom is -0.352 e. The summed E-state index contributed by atoms with van der Waals surface area (Å²) in [5.74, 6) is 0.563. The fourth-order valence-electron chi connectivity index (χ4n) is 1.44. The molecule has 0 radical (unpaired) electrons. The molecule has 0 aliphatic rings. The van der Waals surface area contributed by atoms with Crippen molar-refractivity contribution in [1.82, 2.24) is 10.6 Å². The number of thiol groups is 1. The quantitative estimate of drug-likeness (QED) is 0.605. The van der Waals surface area contributed by atoms with Gasteiger partial charge in [0.2, 0.25) is 11.8 Å². The lowest BCUT2D eigenvalue weighted by molar-refractivity contribution is -0.127. The van der Waals surface area contributed by atoms with E-state index in [1.807, 2.05) is 6.92 Å². The summed E-state index contributed by atoms with van der Waals surface area (Å²) >= 11 is 4.06. The number of hydrogen-bond acceptors (Lipinski definition) is 3. The van der Waals surface area contributed by atoms with E-state index in [0.717, 1.165) is 12.8 Å². The number of carbonyl (C=O) groups is 2. The smallest absolute Gasteiger partial charge is 0.243 e. The Bertz CT molecular complexity index is 257. The standard InChI is InChI=1S/C12H24N2O2S/c1-8(2)5-6-9(3)13-12(16)11(7-17)14-10(4)15/h8-9,11,17H,5-7H2,1-4H3,(H,13,16)(H,14,15). The van der Waals surface area contributed by atoms with E-state index in [1.165, 1.54) is 6.92 Å². The molecular weight excluding hydrogens is 236 g/mol. The van der Waals surface area contributed by atoms with E-state index in [-0.39, 0.29) is 17.9 Å². The molecule has 0 aliphatic carbocycles. The average molecular weight is 260 g/mol. The maximum atomic E-state index is 11.8. The number of rotatable bonds is 7. The molecule has 4 nitrogen and oxygen atoms in total. The molecule has 0 aliphatic heterocycles. The molecule has 0 aromatic carbocycles. The van der Waals surface area contributed by atoms with Gasteiger partial charge in [0.1, 0.15) is 6.04 Å². The summed E-state index contributed by atoms with van der Waals surface area (Å²) in [6, 6.07) is -0.418. The van der Waals surface area contributed by atoms with Crippen molar-refractivity contribution in [3.63, 3.8) is 0 Å². The van der Waals surface area contributed by atoms with Gasteiger partial charge in [-0.3, -0.25) is 9.59 Å². The lowest BCUT2D eigenvalue weighted by Gasteiger charge is -2.20. The van der Waals surface area contributed by atoms with Gasteiger partial charge in [-0.1, -0.05) is 13.8 Å². The highest BCUT2D eigenvalue weighted by Crippen LogP contribution is 2.06. The second kappa shape index (κ2) is 8.39. The zero-order valence-corrected chi connectivity index (χ0v) is 12.0. The van der Waals surface area contributed by atoms with Crippen molar-refractivity contribution in [2.24, 2.45) is 5.92 Å². The van der Waals surface area contributed by atoms with E-state index < -0.39 is 6.04 Å². The first-order valence-corrected chi connectivity index (χ1v) is 6.68. The SMILES string of the molecule is CC(=O)NC(CS)C(=O)NC(C)CCC(C)C. The normalized spacial score (nSPS) is 14.2. The van der Waals surface area contributed by atoms with Gasteiger partial charge in [0.05, 0.1) is 0 Å². The van der Waals surface area contributed by atoms with Crippen molar-refractivity contribution >= 4 is 24.4 Å². The van der Waals surface area contributed by atoms with Crippen LogP contribution in [0.5, 0.6) is 0 Å². The van der Waals surface area contributed by atoms with Crippen LogP contribution in [0, 0.1) is 5.92 Å². The molecule has 0 aromatic heterocycles. The largest absolute Gasteiger partial charge is 0.352 e. The van der Waals surface area contributed by atoms with Gasteiger partial charge in [-0.2, -0.15) is 12.6 Å². The molecule has 2 unspecified atom stereocenters. The van der Waals surface area contributed by atoms with Crippen LogP contribution in [0.4, 0.5) is 0 Å². The molecule has 0 fully saturated rings. The molecule has 0 saturated carbocycles. The van der Waals surface area contributed by atoms with Crippen LogP contribution in [-0.2, 0) is 9.59 Å². The second-order valence-corrected chi connectivity index (χ2v) is 5.18. The molecule has 0 heterocycles. The first-order chi connectivity index (χ1) is 7.86. The third kappa shape index (κ3) is 8.07. The highest BCUT2D eigenvalue weighted by atomic mass is 32.1. The van der Waals surface area contributed by atoms with Crippen molar-refractivity contribution in [2.75, 3.05) is 5.75 Å². The minimum absolute atomic E-state index is 0.126. The summed E-state index contributed by atoms with van der Waals surface area (Å²) < 4.78 is 0. The van der Waals surface area contributed by atoms with Crippen LogP contribution < -0.4 is 10.6 Å². The number of amides is 2. The molecule has 0 aromatic rings. The van der Waals surface area contributed by atoms with Crippen LogP contribution in [-0.4, -0.2) is 29.7 Å². The Morgan fingerprint density at radius 3 is 2.12 bits per heavy atom. The lowest BCUT2D eigenvalue weighted by atomic mass is 10.0. The summed E-state index contributed by atoms with van der Waals surface area (Å²) in [4.78, 5) is 22.7. The molecule has 0 saturated heterocycles. The maximum absolute atomic E-state index is 11.8. The number of carbonyl (C=O) groups excluding carboxylic acids is 2. The Balaban J connectivity index is 4.07. The third-order valence-corrected chi connectivity index (χ3v) is 2.81. The predicted octanol–water partition coefficient (Wildman–Crippen LogP) is 1.36. The van der Waals surface area contributed by atoms with E-state index in [2.05, 4.69) is 37.1 Å². The average Bonchev–Trinajstić information content (AvgIpc) is 2.22. The van der Waals surface area contributed by atoms with Crippen LogP contribution in [0.3, 0.4) is 0 Å². The molecule has 17 heavy (non-hydrogen) atoms. The summed E-state index contributed by atoms with van der Waals surface area (Å²) in [7, 11) is 0. The third-order valence-electron chi connectivity index (χ3n) is 2.44. The molecule has 100 valence electrons. The zero-order chi connectivity index (χ0) is 13.4. The molecule has 2 atom stereocenters. The Morgan fingerprint density at radius 1 is 1.12 bits per heavy atom. The van der Waals surface area contributed by atoms with Crippen LogP contribution in [0.15, 0.2) is 0 Å². The minimum atomic E-state index is -0.544. The highest BCUT2D eigenvalue weighted by molar-refractivity contribution is 7.80. The van der Waals surface area contributed by atoms with E-state index in [4.69, 9.17) is 0 Å².